The SMILES string of the molecule is COc1c([N+](=O)[O-])ccc2scnc12. The van der Waals surface area contributed by atoms with Gasteiger partial charge in [0, 0.05) is 6.07 Å². The highest BCUT2D eigenvalue weighted by molar-refractivity contribution is 7.16. The summed E-state index contributed by atoms with van der Waals surface area (Å²) in [4.78, 5) is 14.2. The fourth-order valence-corrected chi connectivity index (χ4v) is 1.92. The molecule has 72 valence electrons. The van der Waals surface area contributed by atoms with Crippen LogP contribution >= 0.6 is 11.3 Å². The Morgan fingerprint density at radius 2 is 2.36 bits per heavy atom. The fourth-order valence-electron chi connectivity index (χ4n) is 1.24. The van der Waals surface area contributed by atoms with Crippen molar-refractivity contribution in [1.29, 1.82) is 0 Å². The second-order valence-corrected chi connectivity index (χ2v) is 3.46. The lowest BCUT2D eigenvalue weighted by molar-refractivity contribution is -0.385. The second-order valence-electron chi connectivity index (χ2n) is 2.57. The molecule has 0 N–H and O–H groups in total. The number of nitro benzene ring substituents is 1. The summed E-state index contributed by atoms with van der Waals surface area (Å²) in [6.07, 6.45) is 0. The third-order valence-corrected chi connectivity index (χ3v) is 2.63. The van der Waals surface area contributed by atoms with Gasteiger partial charge >= 0.3 is 5.69 Å². The minimum atomic E-state index is -0.475. The van der Waals surface area contributed by atoms with Crippen LogP contribution in [-0.4, -0.2) is 17.0 Å². The van der Waals surface area contributed by atoms with E-state index in [4.69, 9.17) is 4.74 Å². The maximum absolute atomic E-state index is 10.6. The Bertz CT molecular complexity index is 494. The van der Waals surface area contributed by atoms with Gasteiger partial charge in [0.25, 0.3) is 0 Å². The van der Waals surface area contributed by atoms with Crippen LogP contribution in [0, 0.1) is 10.1 Å². The molecule has 0 amide bonds. The summed E-state index contributed by atoms with van der Waals surface area (Å²) < 4.78 is 5.86. The molecule has 0 spiro atoms. The van der Waals surface area contributed by atoms with Crippen molar-refractivity contribution in [1.82, 2.24) is 4.98 Å². The molecule has 2 rings (SSSR count). The molecule has 1 aromatic heterocycles. The monoisotopic (exact) mass is 210 g/mol. The molecule has 0 atom stereocenters. The second kappa shape index (κ2) is 3.22. The Kier molecular flexibility index (Phi) is 2.05. The number of thiazole rings is 1. The van der Waals surface area contributed by atoms with Crippen molar-refractivity contribution in [2.45, 2.75) is 0 Å². The fraction of sp³-hybridized carbons (Fsp3) is 0.125. The first-order valence-corrected chi connectivity index (χ1v) is 4.66. The summed E-state index contributed by atoms with van der Waals surface area (Å²) in [5.74, 6) is 0.230. The number of ether oxygens (including phenoxy) is 1. The molecule has 1 heterocycles. The molecule has 0 bridgehead atoms. The van der Waals surface area contributed by atoms with Gasteiger partial charge in [-0.2, -0.15) is 0 Å². The normalized spacial score (nSPS) is 10.4. The number of fused-ring (bicyclic) bond motifs is 1. The standard InChI is InChI=1S/C8H6N2O3S/c1-13-8-5(10(11)12)2-3-6-7(8)9-4-14-6/h2-4H,1H3. The number of hydrogen-bond donors (Lipinski definition) is 0. The third-order valence-electron chi connectivity index (χ3n) is 1.84. The number of methoxy groups -OCH3 is 1. The molecule has 6 heteroatoms. The van der Waals surface area contributed by atoms with Crippen molar-refractivity contribution in [2.24, 2.45) is 0 Å². The van der Waals surface area contributed by atoms with Gasteiger partial charge in [-0.3, -0.25) is 10.1 Å². The molecular weight excluding hydrogens is 204 g/mol. The van der Waals surface area contributed by atoms with E-state index in [1.54, 1.807) is 11.6 Å². The Morgan fingerprint density at radius 3 is 3.00 bits per heavy atom. The Hall–Kier alpha value is -1.69. The molecule has 1 aromatic carbocycles. The van der Waals surface area contributed by atoms with E-state index < -0.39 is 4.92 Å². The van der Waals surface area contributed by atoms with Crippen molar-refractivity contribution in [3.63, 3.8) is 0 Å². The van der Waals surface area contributed by atoms with Crippen molar-refractivity contribution in [2.75, 3.05) is 7.11 Å². The minimum absolute atomic E-state index is 0.0501. The van der Waals surface area contributed by atoms with Gasteiger partial charge in [-0.15, -0.1) is 11.3 Å². The van der Waals surface area contributed by atoms with Gasteiger partial charge in [0.2, 0.25) is 5.75 Å². The minimum Gasteiger partial charge on any atom is -0.489 e. The molecule has 14 heavy (non-hydrogen) atoms. The predicted molar refractivity (Wildman–Crippen MR) is 52.8 cm³/mol. The molecular formula is C8H6N2O3S. The molecule has 5 nitrogen and oxygen atoms in total. The highest BCUT2D eigenvalue weighted by atomic mass is 32.1. The quantitative estimate of drug-likeness (QED) is 0.563. The van der Waals surface area contributed by atoms with Gasteiger partial charge < -0.3 is 4.74 Å². The topological polar surface area (TPSA) is 65.3 Å². The molecule has 0 unspecified atom stereocenters. The molecule has 0 aliphatic rings. The van der Waals surface area contributed by atoms with E-state index in [-0.39, 0.29) is 11.4 Å². The summed E-state index contributed by atoms with van der Waals surface area (Å²) in [5.41, 5.74) is 2.13. The summed E-state index contributed by atoms with van der Waals surface area (Å²) in [7, 11) is 1.40. The molecule has 0 aliphatic heterocycles. The lowest BCUT2D eigenvalue weighted by Crippen LogP contribution is -1.93. The molecule has 2 aromatic rings. The first kappa shape index (κ1) is 8.89. The number of hydrogen-bond acceptors (Lipinski definition) is 5. The highest BCUT2D eigenvalue weighted by Crippen LogP contribution is 2.35. The molecule has 0 saturated carbocycles. The van der Waals surface area contributed by atoms with Crippen molar-refractivity contribution < 1.29 is 9.66 Å². The first-order chi connectivity index (χ1) is 6.74. The van der Waals surface area contributed by atoms with Crippen molar-refractivity contribution in [3.05, 3.63) is 27.8 Å². The van der Waals surface area contributed by atoms with Gasteiger partial charge in [-0.25, -0.2) is 4.98 Å². The van der Waals surface area contributed by atoms with E-state index in [1.807, 2.05) is 0 Å². The van der Waals surface area contributed by atoms with Crippen LogP contribution in [0.4, 0.5) is 5.69 Å². The number of benzene rings is 1. The smallest absolute Gasteiger partial charge is 0.313 e. The lowest BCUT2D eigenvalue weighted by Gasteiger charge is -2.00. The van der Waals surface area contributed by atoms with Crippen LogP contribution in [0.25, 0.3) is 10.2 Å². The summed E-state index contributed by atoms with van der Waals surface area (Å²) in [5, 5.41) is 10.6. The zero-order valence-corrected chi connectivity index (χ0v) is 8.08. The summed E-state index contributed by atoms with van der Waals surface area (Å²) in [6, 6.07) is 3.10. The third kappa shape index (κ3) is 1.20. The Labute approximate surface area is 83.1 Å². The zero-order valence-electron chi connectivity index (χ0n) is 7.26. The predicted octanol–water partition coefficient (Wildman–Crippen LogP) is 2.21. The largest absolute Gasteiger partial charge is 0.489 e. The van der Waals surface area contributed by atoms with Gasteiger partial charge in [0.15, 0.2) is 0 Å². The van der Waals surface area contributed by atoms with E-state index in [9.17, 15) is 10.1 Å². The molecule has 0 aliphatic carbocycles. The van der Waals surface area contributed by atoms with E-state index in [0.717, 1.165) is 4.70 Å². The molecule has 0 fully saturated rings. The van der Waals surface area contributed by atoms with Gasteiger partial charge in [0.05, 0.1) is 22.2 Å². The number of aromatic nitrogens is 1. The maximum Gasteiger partial charge on any atom is 0.313 e. The molecule has 0 saturated heterocycles. The van der Waals surface area contributed by atoms with Crippen LogP contribution in [0.1, 0.15) is 0 Å². The highest BCUT2D eigenvalue weighted by Gasteiger charge is 2.18. The van der Waals surface area contributed by atoms with Crippen LogP contribution in [-0.2, 0) is 0 Å². The zero-order chi connectivity index (χ0) is 10.1. The lowest BCUT2D eigenvalue weighted by atomic mass is 10.2. The average molecular weight is 210 g/mol. The van der Waals surface area contributed by atoms with E-state index in [2.05, 4.69) is 4.98 Å². The number of nitro groups is 1. The van der Waals surface area contributed by atoms with Crippen LogP contribution in [0.15, 0.2) is 17.6 Å². The van der Waals surface area contributed by atoms with Crippen LogP contribution < -0.4 is 4.74 Å². The van der Waals surface area contributed by atoms with Gasteiger partial charge in [-0.1, -0.05) is 0 Å². The van der Waals surface area contributed by atoms with Crippen LogP contribution in [0.3, 0.4) is 0 Å². The van der Waals surface area contributed by atoms with Crippen LogP contribution in [0.2, 0.25) is 0 Å². The summed E-state index contributed by atoms with van der Waals surface area (Å²) in [6.45, 7) is 0. The van der Waals surface area contributed by atoms with Crippen LogP contribution in [0.5, 0.6) is 5.75 Å². The van der Waals surface area contributed by atoms with E-state index >= 15 is 0 Å². The summed E-state index contributed by atoms with van der Waals surface area (Å²) >= 11 is 1.42. The number of rotatable bonds is 2. The van der Waals surface area contributed by atoms with Crippen molar-refractivity contribution >= 4 is 27.2 Å². The average Bonchev–Trinajstić information content (AvgIpc) is 2.63. The number of nitrogens with zero attached hydrogens (tertiary/aromatic N) is 2. The van der Waals surface area contributed by atoms with Gasteiger partial charge in [-0.05, 0) is 6.07 Å². The maximum atomic E-state index is 10.6. The first-order valence-electron chi connectivity index (χ1n) is 3.78. The van der Waals surface area contributed by atoms with E-state index in [0.29, 0.717) is 5.52 Å². The molecule has 0 radical (unpaired) electrons. The van der Waals surface area contributed by atoms with Crippen molar-refractivity contribution in [3.8, 4) is 5.75 Å². The van der Waals surface area contributed by atoms with E-state index in [1.165, 1.54) is 24.5 Å². The Balaban J connectivity index is 2.78. The van der Waals surface area contributed by atoms with Gasteiger partial charge in [0.1, 0.15) is 5.52 Å². The Morgan fingerprint density at radius 1 is 1.57 bits per heavy atom.